The van der Waals surface area contributed by atoms with Gasteiger partial charge in [-0.25, -0.2) is 9.59 Å². The van der Waals surface area contributed by atoms with Crippen LogP contribution < -0.4 is 10.6 Å². The molecule has 11 heteroatoms. The third-order valence-electron chi connectivity index (χ3n) is 3.74. The van der Waals surface area contributed by atoms with E-state index in [1.165, 1.54) is 0 Å². The minimum absolute atomic E-state index is 0.0132. The first-order valence-corrected chi connectivity index (χ1v) is 9.77. The first-order chi connectivity index (χ1) is 14.6. The number of ether oxygens (including phenoxy) is 3. The minimum Gasteiger partial charge on any atom is -0.466 e. The van der Waals surface area contributed by atoms with E-state index in [9.17, 15) is 14.4 Å². The highest BCUT2D eigenvalue weighted by Gasteiger charge is 2.29. The number of alkyl carbamates (subject to hydrolysis) is 2. The maximum Gasteiger partial charge on any atom is 0.407 e. The molecule has 1 rings (SSSR count). The van der Waals surface area contributed by atoms with Crippen molar-refractivity contribution in [3.63, 3.8) is 0 Å². The largest absolute Gasteiger partial charge is 0.466 e. The number of benzene rings is 1. The van der Waals surface area contributed by atoms with Crippen LogP contribution in [0.3, 0.4) is 0 Å². The molecular weight excluding hydrogens is 406 g/mol. The number of hydrogen-bond acceptors (Lipinski definition) is 7. The van der Waals surface area contributed by atoms with Gasteiger partial charge in [0.2, 0.25) is 0 Å². The Labute approximate surface area is 181 Å². The van der Waals surface area contributed by atoms with Crippen molar-refractivity contribution in [2.75, 3.05) is 13.2 Å². The van der Waals surface area contributed by atoms with Crippen LogP contribution in [0.25, 0.3) is 10.4 Å². The Hall–Kier alpha value is -3.46. The molecule has 1 aromatic carbocycles. The van der Waals surface area contributed by atoms with Gasteiger partial charge in [0, 0.05) is 11.5 Å². The fraction of sp³-hybridized carbons (Fsp3) is 0.550. The van der Waals surface area contributed by atoms with Crippen molar-refractivity contribution >= 4 is 18.2 Å². The Balaban J connectivity index is 2.92. The number of esters is 1. The monoisotopic (exact) mass is 435 g/mol. The van der Waals surface area contributed by atoms with Crippen LogP contribution in [0.15, 0.2) is 35.4 Å². The molecule has 170 valence electrons. The standard InChI is InChI=1S/C20H29N5O6/c1-5-29-17(26)11-15(23-18(27)30-13-14-9-7-6-8-10-14)16(12-22-25-21)24-19(28)31-20(2,3)4/h6-10,15-16H,5,11-13H2,1-4H3,(H,23,27)(H,24,28)/t15-,16-/m0/s1. The van der Waals surface area contributed by atoms with Crippen molar-refractivity contribution in [3.05, 3.63) is 46.3 Å². The Bertz CT molecular complexity index is 774. The second-order valence-corrected chi connectivity index (χ2v) is 7.49. The predicted molar refractivity (Wildman–Crippen MR) is 112 cm³/mol. The average molecular weight is 435 g/mol. The quantitative estimate of drug-likeness (QED) is 0.189. The van der Waals surface area contributed by atoms with Gasteiger partial charge in [-0.05, 0) is 38.8 Å². The zero-order chi connectivity index (χ0) is 23.3. The van der Waals surface area contributed by atoms with Gasteiger partial charge in [0.25, 0.3) is 0 Å². The van der Waals surface area contributed by atoms with Gasteiger partial charge in [0.15, 0.2) is 0 Å². The molecule has 2 atom stereocenters. The first kappa shape index (κ1) is 25.6. The summed E-state index contributed by atoms with van der Waals surface area (Å²) in [7, 11) is 0. The highest BCUT2D eigenvalue weighted by molar-refractivity contribution is 5.74. The summed E-state index contributed by atoms with van der Waals surface area (Å²) in [4.78, 5) is 39.3. The maximum absolute atomic E-state index is 12.3. The minimum atomic E-state index is -0.972. The first-order valence-electron chi connectivity index (χ1n) is 9.77. The van der Waals surface area contributed by atoms with E-state index in [-0.39, 0.29) is 26.2 Å². The fourth-order valence-electron chi connectivity index (χ4n) is 2.47. The molecular formula is C20H29N5O6. The van der Waals surface area contributed by atoms with Gasteiger partial charge in [-0.15, -0.1) is 0 Å². The molecule has 0 fully saturated rings. The molecule has 0 saturated heterocycles. The topological polar surface area (TPSA) is 152 Å². The Kier molecular flexibility index (Phi) is 10.7. The summed E-state index contributed by atoms with van der Waals surface area (Å²) in [6.45, 7) is 6.62. The lowest BCUT2D eigenvalue weighted by Crippen LogP contribution is -2.55. The molecule has 0 heterocycles. The lowest BCUT2D eigenvalue weighted by Gasteiger charge is -2.28. The number of azide groups is 1. The van der Waals surface area contributed by atoms with E-state index in [1.807, 2.05) is 6.07 Å². The van der Waals surface area contributed by atoms with Gasteiger partial charge in [0.1, 0.15) is 12.2 Å². The van der Waals surface area contributed by atoms with Crippen molar-refractivity contribution in [2.45, 2.75) is 58.4 Å². The van der Waals surface area contributed by atoms with E-state index >= 15 is 0 Å². The second-order valence-electron chi connectivity index (χ2n) is 7.49. The highest BCUT2D eigenvalue weighted by Crippen LogP contribution is 2.10. The van der Waals surface area contributed by atoms with Crippen molar-refractivity contribution in [1.82, 2.24) is 10.6 Å². The molecule has 0 saturated carbocycles. The predicted octanol–water partition coefficient (Wildman–Crippen LogP) is 3.44. The molecule has 0 aliphatic heterocycles. The van der Waals surface area contributed by atoms with E-state index in [0.717, 1.165) is 5.56 Å². The maximum atomic E-state index is 12.3. The molecule has 0 aromatic heterocycles. The third kappa shape index (κ3) is 11.3. The number of nitrogens with zero attached hydrogens (tertiary/aromatic N) is 3. The molecule has 0 unspecified atom stereocenters. The number of carbonyl (C=O) groups excluding carboxylic acids is 3. The van der Waals surface area contributed by atoms with Crippen LogP contribution in [0.5, 0.6) is 0 Å². The summed E-state index contributed by atoms with van der Waals surface area (Å²) >= 11 is 0. The highest BCUT2D eigenvalue weighted by atomic mass is 16.6. The van der Waals surface area contributed by atoms with Crippen molar-refractivity contribution in [2.24, 2.45) is 5.11 Å². The van der Waals surface area contributed by atoms with Gasteiger partial charge in [-0.3, -0.25) is 4.79 Å². The molecule has 0 spiro atoms. The molecule has 0 aliphatic carbocycles. The van der Waals surface area contributed by atoms with Gasteiger partial charge in [-0.1, -0.05) is 35.4 Å². The normalized spacial score (nSPS) is 12.5. The van der Waals surface area contributed by atoms with Gasteiger partial charge in [-0.2, -0.15) is 0 Å². The number of nitrogens with one attached hydrogen (secondary N) is 2. The summed E-state index contributed by atoms with van der Waals surface area (Å²) in [6.07, 6.45) is -1.88. The van der Waals surface area contributed by atoms with Crippen LogP contribution in [-0.4, -0.2) is 49.0 Å². The lowest BCUT2D eigenvalue weighted by molar-refractivity contribution is -0.143. The molecule has 0 radical (unpaired) electrons. The summed E-state index contributed by atoms with van der Waals surface area (Å²) < 4.78 is 15.4. The van der Waals surface area contributed by atoms with Crippen molar-refractivity contribution < 1.29 is 28.6 Å². The van der Waals surface area contributed by atoms with Gasteiger partial charge >= 0.3 is 18.2 Å². The molecule has 1 aromatic rings. The summed E-state index contributed by atoms with van der Waals surface area (Å²) in [5.74, 6) is -0.604. The SMILES string of the molecule is CCOC(=O)C[C@H](NC(=O)OCc1ccccc1)[C@H](CN=[N+]=[N-])NC(=O)OC(C)(C)C. The molecule has 0 bridgehead atoms. The zero-order valence-electron chi connectivity index (χ0n) is 18.2. The lowest BCUT2D eigenvalue weighted by atomic mass is 10.1. The third-order valence-corrected chi connectivity index (χ3v) is 3.74. The summed E-state index contributed by atoms with van der Waals surface area (Å²) in [6, 6.07) is 7.11. The van der Waals surface area contributed by atoms with E-state index in [4.69, 9.17) is 19.7 Å². The van der Waals surface area contributed by atoms with Crippen molar-refractivity contribution in [1.29, 1.82) is 0 Å². The number of amides is 2. The summed E-state index contributed by atoms with van der Waals surface area (Å²) in [5.41, 5.74) is 8.69. The van der Waals surface area contributed by atoms with Crippen LogP contribution >= 0.6 is 0 Å². The second kappa shape index (κ2) is 13.0. The van der Waals surface area contributed by atoms with Crippen LogP contribution in [0.4, 0.5) is 9.59 Å². The van der Waals surface area contributed by atoms with E-state index in [0.29, 0.717) is 0 Å². The molecule has 31 heavy (non-hydrogen) atoms. The molecule has 0 aliphatic rings. The van der Waals surface area contributed by atoms with Crippen LogP contribution in [0, 0.1) is 0 Å². The summed E-state index contributed by atoms with van der Waals surface area (Å²) in [5, 5.41) is 8.53. The Morgan fingerprint density at radius 2 is 1.71 bits per heavy atom. The van der Waals surface area contributed by atoms with Crippen LogP contribution in [-0.2, 0) is 25.6 Å². The van der Waals surface area contributed by atoms with Gasteiger partial charge in [0.05, 0.1) is 25.1 Å². The fourth-order valence-corrected chi connectivity index (χ4v) is 2.47. The number of hydrogen-bond donors (Lipinski definition) is 2. The van der Waals surface area contributed by atoms with E-state index in [2.05, 4.69) is 20.7 Å². The molecule has 2 amide bonds. The zero-order valence-corrected chi connectivity index (χ0v) is 18.2. The Morgan fingerprint density at radius 3 is 2.29 bits per heavy atom. The van der Waals surface area contributed by atoms with Crippen LogP contribution in [0.1, 0.15) is 39.7 Å². The van der Waals surface area contributed by atoms with E-state index < -0.39 is 35.8 Å². The number of rotatable bonds is 10. The smallest absolute Gasteiger partial charge is 0.407 e. The van der Waals surface area contributed by atoms with E-state index in [1.54, 1.807) is 52.0 Å². The van der Waals surface area contributed by atoms with Gasteiger partial charge < -0.3 is 24.8 Å². The van der Waals surface area contributed by atoms with Crippen molar-refractivity contribution in [3.8, 4) is 0 Å². The Morgan fingerprint density at radius 1 is 1.06 bits per heavy atom. The molecule has 11 nitrogen and oxygen atoms in total. The molecule has 2 N–H and O–H groups in total. The average Bonchev–Trinajstić information content (AvgIpc) is 2.68. The van der Waals surface area contributed by atoms with Crippen LogP contribution in [0.2, 0.25) is 0 Å². The number of carbonyl (C=O) groups is 3.